The Labute approximate surface area is 219 Å². The van der Waals surface area contributed by atoms with Crippen LogP contribution in [0.2, 0.25) is 0 Å². The number of carbonyl (C=O) groups is 2. The number of benzene rings is 3. The van der Waals surface area contributed by atoms with E-state index in [0.717, 1.165) is 24.0 Å². The minimum Gasteiger partial charge on any atom is -0.462 e. The molecule has 3 aromatic rings. The molecule has 0 saturated heterocycles. The van der Waals surface area contributed by atoms with Gasteiger partial charge in [-0.2, -0.15) is 4.31 Å². The molecule has 0 aliphatic carbocycles. The molecule has 0 unspecified atom stereocenters. The first-order chi connectivity index (χ1) is 17.6. The Morgan fingerprint density at radius 3 is 2.14 bits per heavy atom. The van der Waals surface area contributed by atoms with Crippen LogP contribution >= 0.6 is 0 Å². The first-order valence-electron chi connectivity index (χ1n) is 12.3. The van der Waals surface area contributed by atoms with Gasteiger partial charge in [-0.15, -0.1) is 0 Å². The number of rotatable bonds is 11. The highest BCUT2D eigenvalue weighted by Crippen LogP contribution is 2.26. The smallest absolute Gasteiger partial charge is 0.338 e. The number of hydrogen-bond acceptors (Lipinski definition) is 5. The molecule has 0 saturated carbocycles. The highest BCUT2D eigenvalue weighted by atomic mass is 32.2. The second kappa shape index (κ2) is 12.7. The van der Waals surface area contributed by atoms with Crippen molar-refractivity contribution in [3.8, 4) is 0 Å². The highest BCUT2D eigenvalue weighted by molar-refractivity contribution is 7.89. The lowest BCUT2D eigenvalue weighted by Gasteiger charge is -2.24. The first-order valence-corrected chi connectivity index (χ1v) is 13.7. The minimum absolute atomic E-state index is 0.0475. The van der Waals surface area contributed by atoms with Gasteiger partial charge < -0.3 is 10.1 Å². The maximum atomic E-state index is 13.8. The maximum Gasteiger partial charge on any atom is 0.338 e. The van der Waals surface area contributed by atoms with Crippen molar-refractivity contribution in [1.82, 2.24) is 4.31 Å². The molecule has 1 N–H and O–H groups in total. The normalized spacial score (nSPS) is 11.4. The van der Waals surface area contributed by atoms with E-state index in [9.17, 15) is 18.0 Å². The van der Waals surface area contributed by atoms with Crippen molar-refractivity contribution < 1.29 is 22.7 Å². The summed E-state index contributed by atoms with van der Waals surface area (Å²) in [7, 11) is -3.98. The molecule has 0 atom stereocenters. The SMILES string of the molecule is CCCCOC(=O)c1ccc(NC(=O)CN(Cc2ccccc2)S(=O)(=O)c2c(C)cc(C)cc2C)cc1. The van der Waals surface area contributed by atoms with E-state index < -0.39 is 21.9 Å². The van der Waals surface area contributed by atoms with Crippen molar-refractivity contribution in [3.05, 3.63) is 94.5 Å². The molecule has 0 heterocycles. The number of esters is 1. The Kier molecular flexibility index (Phi) is 9.60. The van der Waals surface area contributed by atoms with E-state index in [4.69, 9.17) is 4.74 Å². The molecule has 0 radical (unpaired) electrons. The number of ether oxygens (including phenoxy) is 1. The number of carbonyl (C=O) groups excluding carboxylic acids is 2. The number of unbranched alkanes of at least 4 members (excludes halogenated alkanes) is 1. The zero-order chi connectivity index (χ0) is 27.0. The number of aryl methyl sites for hydroxylation is 3. The third kappa shape index (κ3) is 7.50. The van der Waals surface area contributed by atoms with Crippen LogP contribution in [0.1, 0.15) is 52.4 Å². The second-order valence-electron chi connectivity index (χ2n) is 9.10. The number of nitrogens with one attached hydrogen (secondary N) is 1. The fourth-order valence-electron chi connectivity index (χ4n) is 4.16. The van der Waals surface area contributed by atoms with E-state index in [1.807, 2.05) is 56.3 Å². The van der Waals surface area contributed by atoms with Crippen molar-refractivity contribution in [3.63, 3.8) is 0 Å². The van der Waals surface area contributed by atoms with Crippen LogP contribution in [0.4, 0.5) is 5.69 Å². The zero-order valence-electron chi connectivity index (χ0n) is 21.8. The van der Waals surface area contributed by atoms with Crippen LogP contribution in [0, 0.1) is 20.8 Å². The van der Waals surface area contributed by atoms with E-state index in [1.165, 1.54) is 4.31 Å². The Morgan fingerprint density at radius 1 is 0.919 bits per heavy atom. The molecule has 7 nitrogen and oxygen atoms in total. The highest BCUT2D eigenvalue weighted by Gasteiger charge is 2.30. The molecule has 0 aliphatic rings. The fourth-order valence-corrected chi connectivity index (χ4v) is 5.95. The van der Waals surface area contributed by atoms with Gasteiger partial charge >= 0.3 is 5.97 Å². The van der Waals surface area contributed by atoms with E-state index >= 15 is 0 Å². The van der Waals surface area contributed by atoms with Gasteiger partial charge in [-0.25, -0.2) is 13.2 Å². The third-order valence-corrected chi connectivity index (χ3v) is 7.96. The lowest BCUT2D eigenvalue weighted by atomic mass is 10.1. The number of anilines is 1. The van der Waals surface area contributed by atoms with Crippen LogP contribution in [-0.4, -0.2) is 37.8 Å². The molecular formula is C29H34N2O5S. The van der Waals surface area contributed by atoms with E-state index in [2.05, 4.69) is 5.32 Å². The molecule has 8 heteroatoms. The number of nitrogens with zero attached hydrogens (tertiary/aromatic N) is 1. The molecule has 37 heavy (non-hydrogen) atoms. The molecule has 3 aromatic carbocycles. The van der Waals surface area contributed by atoms with Crippen molar-refractivity contribution in [1.29, 1.82) is 0 Å². The summed E-state index contributed by atoms with van der Waals surface area (Å²) in [5, 5.41) is 2.74. The molecule has 3 rings (SSSR count). The van der Waals surface area contributed by atoms with Crippen LogP contribution in [0.3, 0.4) is 0 Å². The van der Waals surface area contributed by atoms with Gasteiger partial charge in [-0.3, -0.25) is 4.79 Å². The van der Waals surface area contributed by atoms with Gasteiger partial charge in [-0.1, -0.05) is 61.4 Å². The van der Waals surface area contributed by atoms with E-state index in [1.54, 1.807) is 38.1 Å². The van der Waals surface area contributed by atoms with Gasteiger partial charge in [0.25, 0.3) is 0 Å². The molecule has 0 fully saturated rings. The largest absolute Gasteiger partial charge is 0.462 e. The summed E-state index contributed by atoms with van der Waals surface area (Å²) >= 11 is 0. The quantitative estimate of drug-likeness (QED) is 0.269. The van der Waals surface area contributed by atoms with Gasteiger partial charge in [0.2, 0.25) is 15.9 Å². The predicted molar refractivity (Wildman–Crippen MR) is 145 cm³/mol. The van der Waals surface area contributed by atoms with Crippen LogP contribution in [0.25, 0.3) is 0 Å². The number of amides is 1. The molecule has 196 valence electrons. The zero-order valence-corrected chi connectivity index (χ0v) is 22.6. The number of sulfonamides is 1. The molecular weight excluding hydrogens is 488 g/mol. The Bertz CT molecular complexity index is 1310. The number of hydrogen-bond donors (Lipinski definition) is 1. The van der Waals surface area contributed by atoms with Crippen molar-refractivity contribution in [2.24, 2.45) is 0 Å². The van der Waals surface area contributed by atoms with Crippen LogP contribution in [-0.2, 0) is 26.1 Å². The van der Waals surface area contributed by atoms with Crippen LogP contribution < -0.4 is 5.32 Å². The maximum absolute atomic E-state index is 13.8. The summed E-state index contributed by atoms with van der Waals surface area (Å²) in [6, 6.07) is 19.2. The van der Waals surface area contributed by atoms with Crippen molar-refractivity contribution in [2.45, 2.75) is 52.0 Å². The summed E-state index contributed by atoms with van der Waals surface area (Å²) < 4.78 is 34.0. The lowest BCUT2D eigenvalue weighted by molar-refractivity contribution is -0.116. The topological polar surface area (TPSA) is 92.8 Å². The molecule has 0 spiro atoms. The summed E-state index contributed by atoms with van der Waals surface area (Å²) in [5.41, 5.74) is 3.85. The van der Waals surface area contributed by atoms with Crippen LogP contribution in [0.5, 0.6) is 0 Å². The van der Waals surface area contributed by atoms with Gasteiger partial charge in [0.1, 0.15) is 0 Å². The lowest BCUT2D eigenvalue weighted by Crippen LogP contribution is -2.38. The summed E-state index contributed by atoms with van der Waals surface area (Å²) in [4.78, 5) is 25.3. The van der Waals surface area contributed by atoms with Gasteiger partial charge in [-0.05, 0) is 68.1 Å². The molecule has 0 aliphatic heterocycles. The van der Waals surface area contributed by atoms with Gasteiger partial charge in [0.15, 0.2) is 0 Å². The minimum atomic E-state index is -3.98. The van der Waals surface area contributed by atoms with E-state index in [-0.39, 0.29) is 18.0 Å². The van der Waals surface area contributed by atoms with E-state index in [0.29, 0.717) is 29.0 Å². The standard InChI is InChI=1S/C29H34N2O5S/c1-5-6-16-36-29(33)25-12-14-26(15-13-25)30-27(32)20-31(19-24-10-8-7-9-11-24)37(34,35)28-22(3)17-21(2)18-23(28)4/h7-15,17-18H,5-6,16,19-20H2,1-4H3,(H,30,32). The molecule has 0 bridgehead atoms. The Hall–Kier alpha value is -3.49. The second-order valence-corrected chi connectivity index (χ2v) is 11.0. The summed E-state index contributed by atoms with van der Waals surface area (Å²) in [6.07, 6.45) is 1.72. The monoisotopic (exact) mass is 522 g/mol. The molecule has 0 aromatic heterocycles. The average molecular weight is 523 g/mol. The molecule has 1 amide bonds. The predicted octanol–water partition coefficient (Wildman–Crippen LogP) is 5.40. The summed E-state index contributed by atoms with van der Waals surface area (Å²) in [5.74, 6) is -0.907. The Balaban J connectivity index is 1.80. The first kappa shape index (κ1) is 28.1. The average Bonchev–Trinajstić information content (AvgIpc) is 2.84. The third-order valence-electron chi connectivity index (χ3n) is 5.86. The van der Waals surface area contributed by atoms with Crippen LogP contribution in [0.15, 0.2) is 71.6 Å². The van der Waals surface area contributed by atoms with Gasteiger partial charge in [0, 0.05) is 12.2 Å². The van der Waals surface area contributed by atoms with Gasteiger partial charge in [0.05, 0.1) is 23.6 Å². The fraction of sp³-hybridized carbons (Fsp3) is 0.310. The van der Waals surface area contributed by atoms with Crippen molar-refractivity contribution in [2.75, 3.05) is 18.5 Å². The Morgan fingerprint density at radius 2 is 1.54 bits per heavy atom. The van der Waals surface area contributed by atoms with Crippen molar-refractivity contribution >= 4 is 27.6 Å². The summed E-state index contributed by atoms with van der Waals surface area (Å²) in [6.45, 7) is 7.50.